The molecule has 27 heavy (non-hydrogen) atoms. The number of anilines is 3. The quantitative estimate of drug-likeness (QED) is 0.701. The molecule has 4 N–H and O–H groups in total. The minimum Gasteiger partial charge on any atom is -0.384 e. The van der Waals surface area contributed by atoms with Crippen LogP contribution in [0.3, 0.4) is 0 Å². The molecule has 1 aliphatic heterocycles. The van der Waals surface area contributed by atoms with E-state index in [1.165, 1.54) is 6.33 Å². The highest BCUT2D eigenvalue weighted by molar-refractivity contribution is 5.97. The molecule has 8 nitrogen and oxygen atoms in total. The molecule has 3 heterocycles. The van der Waals surface area contributed by atoms with E-state index in [2.05, 4.69) is 33.6 Å². The number of hydrogen-bond donors (Lipinski definition) is 3. The number of nitrogen functional groups attached to an aromatic ring is 1. The Bertz CT molecular complexity index is 1010. The third kappa shape index (κ3) is 2.87. The number of nitrogens with zero attached hydrogens (tertiary/aromatic N) is 3. The summed E-state index contributed by atoms with van der Waals surface area (Å²) in [6.07, 6.45) is 7.86. The van der Waals surface area contributed by atoms with Gasteiger partial charge in [-0.05, 0) is 49.8 Å². The van der Waals surface area contributed by atoms with Crippen molar-refractivity contribution in [2.45, 2.75) is 38.8 Å². The monoisotopic (exact) mass is 366 g/mol. The van der Waals surface area contributed by atoms with Crippen LogP contribution in [0, 0.1) is 12.8 Å². The molecule has 0 aromatic carbocycles. The number of fused-ring (bicyclic) bond motifs is 2. The highest BCUT2D eigenvalue weighted by atomic mass is 16.2. The minimum absolute atomic E-state index is 0.221. The van der Waals surface area contributed by atoms with Crippen LogP contribution >= 0.6 is 0 Å². The van der Waals surface area contributed by atoms with E-state index in [9.17, 15) is 9.59 Å². The van der Waals surface area contributed by atoms with Crippen molar-refractivity contribution in [1.82, 2.24) is 19.9 Å². The average Bonchev–Trinajstić information content (AvgIpc) is 2.78. The van der Waals surface area contributed by atoms with E-state index >= 15 is 0 Å². The van der Waals surface area contributed by atoms with Gasteiger partial charge in [-0.15, -0.1) is 0 Å². The summed E-state index contributed by atoms with van der Waals surface area (Å²) in [5.41, 5.74) is 6.08. The molecule has 0 saturated carbocycles. The molecule has 2 aromatic heterocycles. The lowest BCUT2D eigenvalue weighted by Gasteiger charge is -2.28. The number of nitrogens with one attached hydrogen (secondary N) is 2. The van der Waals surface area contributed by atoms with Crippen molar-refractivity contribution >= 4 is 23.2 Å². The Kier molecular flexibility index (Phi) is 3.98. The molecule has 0 bridgehead atoms. The first-order valence-corrected chi connectivity index (χ1v) is 9.01. The zero-order chi connectivity index (χ0) is 19.2. The second-order valence-corrected chi connectivity index (χ2v) is 7.34. The van der Waals surface area contributed by atoms with Crippen LogP contribution < -0.4 is 21.9 Å². The van der Waals surface area contributed by atoms with Gasteiger partial charge in [0.05, 0.1) is 0 Å². The SMILES string of the molecule is Cc1cc(Nc2cc(N)ncn2)c(=O)n2c1C(=O)NC21C=CCC(C)CC1. The Hall–Kier alpha value is -3.16. The Labute approximate surface area is 156 Å². The third-order valence-electron chi connectivity index (χ3n) is 5.24. The third-order valence-corrected chi connectivity index (χ3v) is 5.24. The number of carbonyl (C=O) groups excluding carboxylic acids is 1. The van der Waals surface area contributed by atoms with Gasteiger partial charge in [-0.25, -0.2) is 9.97 Å². The van der Waals surface area contributed by atoms with Gasteiger partial charge in [0.15, 0.2) is 0 Å². The molecule has 1 spiro atoms. The molecule has 0 fully saturated rings. The largest absolute Gasteiger partial charge is 0.384 e. The molecule has 2 atom stereocenters. The predicted molar refractivity (Wildman–Crippen MR) is 103 cm³/mol. The van der Waals surface area contributed by atoms with E-state index in [1.807, 2.05) is 13.0 Å². The standard InChI is InChI=1S/C19H22N6O2/c1-11-4-3-6-19(7-5-11)24-17(26)16-12(2)8-13(18(27)25(16)19)23-15-9-14(20)21-10-22-15/h3,6,8-11H,4-5,7H2,1-2H3,(H,24,26)(H3,20,21,22,23). The van der Waals surface area contributed by atoms with E-state index in [0.29, 0.717) is 35.4 Å². The number of aromatic nitrogens is 3. The van der Waals surface area contributed by atoms with Crippen LogP contribution in [-0.4, -0.2) is 20.4 Å². The fourth-order valence-corrected chi connectivity index (χ4v) is 3.84. The van der Waals surface area contributed by atoms with Gasteiger partial charge < -0.3 is 16.4 Å². The van der Waals surface area contributed by atoms with Gasteiger partial charge in [0, 0.05) is 6.07 Å². The van der Waals surface area contributed by atoms with Gasteiger partial charge in [0.2, 0.25) is 0 Å². The molecule has 1 amide bonds. The van der Waals surface area contributed by atoms with Crippen LogP contribution in [-0.2, 0) is 5.66 Å². The van der Waals surface area contributed by atoms with Crippen molar-refractivity contribution in [1.29, 1.82) is 0 Å². The van der Waals surface area contributed by atoms with Crippen LogP contribution in [0.15, 0.2) is 35.4 Å². The summed E-state index contributed by atoms with van der Waals surface area (Å²) < 4.78 is 1.59. The van der Waals surface area contributed by atoms with Gasteiger partial charge in [-0.3, -0.25) is 14.2 Å². The van der Waals surface area contributed by atoms with Crippen molar-refractivity contribution in [2.24, 2.45) is 5.92 Å². The van der Waals surface area contributed by atoms with Crippen molar-refractivity contribution in [3.8, 4) is 0 Å². The zero-order valence-electron chi connectivity index (χ0n) is 15.3. The average molecular weight is 366 g/mol. The van der Waals surface area contributed by atoms with Gasteiger partial charge in [-0.1, -0.05) is 13.0 Å². The maximum atomic E-state index is 13.3. The second-order valence-electron chi connectivity index (χ2n) is 7.34. The number of hydrogen-bond acceptors (Lipinski definition) is 6. The summed E-state index contributed by atoms with van der Waals surface area (Å²) in [6, 6.07) is 3.23. The molecule has 2 unspecified atom stereocenters. The number of nitrogens with two attached hydrogens (primary N) is 1. The lowest BCUT2D eigenvalue weighted by molar-refractivity contribution is 0.0933. The van der Waals surface area contributed by atoms with Gasteiger partial charge in [0.25, 0.3) is 11.5 Å². The van der Waals surface area contributed by atoms with Crippen molar-refractivity contribution in [3.05, 3.63) is 52.2 Å². The number of pyridine rings is 1. The zero-order valence-corrected chi connectivity index (χ0v) is 15.3. The molecule has 0 saturated heterocycles. The Morgan fingerprint density at radius 2 is 2.15 bits per heavy atom. The Morgan fingerprint density at radius 3 is 2.93 bits per heavy atom. The normalized spacial score (nSPS) is 23.8. The highest BCUT2D eigenvalue weighted by Crippen LogP contribution is 2.34. The second kappa shape index (κ2) is 6.22. The van der Waals surface area contributed by atoms with Crippen LogP contribution in [0.2, 0.25) is 0 Å². The number of aryl methyl sites for hydroxylation is 1. The fourth-order valence-electron chi connectivity index (χ4n) is 3.84. The van der Waals surface area contributed by atoms with E-state index in [0.717, 1.165) is 18.4 Å². The molecule has 4 rings (SSSR count). The molecule has 2 aromatic rings. The van der Waals surface area contributed by atoms with Crippen molar-refractivity contribution < 1.29 is 4.79 Å². The van der Waals surface area contributed by atoms with Gasteiger partial charge in [-0.2, -0.15) is 0 Å². The fraction of sp³-hybridized carbons (Fsp3) is 0.368. The molecule has 2 aliphatic rings. The molecular weight excluding hydrogens is 344 g/mol. The summed E-state index contributed by atoms with van der Waals surface area (Å²) in [6.45, 7) is 4.00. The first-order chi connectivity index (χ1) is 12.9. The summed E-state index contributed by atoms with van der Waals surface area (Å²) in [4.78, 5) is 33.9. The van der Waals surface area contributed by atoms with Crippen LogP contribution in [0.4, 0.5) is 17.3 Å². The van der Waals surface area contributed by atoms with E-state index in [4.69, 9.17) is 5.73 Å². The molecule has 140 valence electrons. The molecular formula is C19H22N6O2. The molecule has 8 heteroatoms. The Balaban J connectivity index is 1.85. The number of amides is 1. The molecule has 1 aliphatic carbocycles. The first kappa shape index (κ1) is 17.3. The maximum absolute atomic E-state index is 13.3. The first-order valence-electron chi connectivity index (χ1n) is 9.01. The smallest absolute Gasteiger partial charge is 0.277 e. The molecule has 0 radical (unpaired) electrons. The van der Waals surface area contributed by atoms with E-state index in [1.54, 1.807) is 16.7 Å². The van der Waals surface area contributed by atoms with Crippen LogP contribution in [0.25, 0.3) is 0 Å². The lowest BCUT2D eigenvalue weighted by Crippen LogP contribution is -2.46. The minimum atomic E-state index is -0.818. The van der Waals surface area contributed by atoms with Crippen LogP contribution in [0.5, 0.6) is 0 Å². The Morgan fingerprint density at radius 1 is 1.33 bits per heavy atom. The van der Waals surface area contributed by atoms with Gasteiger partial charge in [0.1, 0.15) is 35.0 Å². The van der Waals surface area contributed by atoms with Crippen molar-refractivity contribution in [2.75, 3.05) is 11.1 Å². The lowest BCUT2D eigenvalue weighted by atomic mass is 9.99. The summed E-state index contributed by atoms with van der Waals surface area (Å²) >= 11 is 0. The summed E-state index contributed by atoms with van der Waals surface area (Å²) in [5.74, 6) is 1.01. The summed E-state index contributed by atoms with van der Waals surface area (Å²) in [5, 5.41) is 6.06. The number of carbonyl (C=O) groups is 1. The maximum Gasteiger partial charge on any atom is 0.277 e. The van der Waals surface area contributed by atoms with Crippen molar-refractivity contribution in [3.63, 3.8) is 0 Å². The van der Waals surface area contributed by atoms with E-state index < -0.39 is 5.66 Å². The number of allylic oxidation sites excluding steroid dienone is 1. The topological polar surface area (TPSA) is 115 Å². The van der Waals surface area contributed by atoms with Crippen LogP contribution in [0.1, 0.15) is 42.2 Å². The highest BCUT2D eigenvalue weighted by Gasteiger charge is 2.43. The van der Waals surface area contributed by atoms with E-state index in [-0.39, 0.29) is 11.5 Å². The number of rotatable bonds is 2. The predicted octanol–water partition coefficient (Wildman–Crippen LogP) is 2.04. The van der Waals surface area contributed by atoms with Gasteiger partial charge >= 0.3 is 0 Å². The summed E-state index contributed by atoms with van der Waals surface area (Å²) in [7, 11) is 0.